The minimum atomic E-state index is -1.04. The SMILES string of the molecule is COC(=O)[C@H](Cc1ccccc1)NC(=O)NCc1ccc([C@@H]2O[C@H](CSc3ncccc3C(=O)O)C[C@H](c3ccc(CO)cc3)O2)cc1. The first-order valence-electron chi connectivity index (χ1n) is 15.4. The number of ether oxygens (including phenoxy) is 3. The lowest BCUT2D eigenvalue weighted by molar-refractivity contribution is -0.245. The Kier molecular flexibility index (Phi) is 12.2. The Labute approximate surface area is 282 Å². The van der Waals surface area contributed by atoms with Crippen LogP contribution in [0.4, 0.5) is 4.79 Å². The number of rotatable bonds is 13. The molecule has 250 valence electrons. The number of aliphatic hydroxyl groups excluding tert-OH is 1. The number of aliphatic hydroxyl groups is 1. The van der Waals surface area contributed by atoms with Gasteiger partial charge in [-0.3, -0.25) is 0 Å². The van der Waals surface area contributed by atoms with Crippen LogP contribution >= 0.6 is 11.8 Å². The fourth-order valence-electron chi connectivity index (χ4n) is 5.23. The molecule has 0 unspecified atom stereocenters. The van der Waals surface area contributed by atoms with Crippen molar-refractivity contribution in [2.24, 2.45) is 0 Å². The molecule has 0 aliphatic carbocycles. The van der Waals surface area contributed by atoms with E-state index in [1.807, 2.05) is 78.9 Å². The molecule has 3 aromatic carbocycles. The molecule has 0 spiro atoms. The number of carbonyl (C=O) groups is 3. The topological polar surface area (TPSA) is 156 Å². The number of amides is 2. The Morgan fingerprint density at radius 3 is 2.31 bits per heavy atom. The van der Waals surface area contributed by atoms with Crippen molar-refractivity contribution in [3.8, 4) is 0 Å². The molecule has 11 nitrogen and oxygen atoms in total. The van der Waals surface area contributed by atoms with Crippen LogP contribution in [0.2, 0.25) is 0 Å². The van der Waals surface area contributed by atoms with Crippen LogP contribution in [0.5, 0.6) is 0 Å². The van der Waals surface area contributed by atoms with Crippen molar-refractivity contribution >= 4 is 29.7 Å². The van der Waals surface area contributed by atoms with E-state index >= 15 is 0 Å². The third-order valence-electron chi connectivity index (χ3n) is 7.80. The fraction of sp³-hybridized carbons (Fsp3) is 0.278. The average molecular weight is 672 g/mol. The number of esters is 1. The number of urea groups is 1. The molecule has 1 saturated heterocycles. The summed E-state index contributed by atoms with van der Waals surface area (Å²) >= 11 is 1.32. The summed E-state index contributed by atoms with van der Waals surface area (Å²) in [5, 5.41) is 25.0. The predicted octanol–water partition coefficient (Wildman–Crippen LogP) is 5.19. The van der Waals surface area contributed by atoms with Crippen molar-refractivity contribution in [1.29, 1.82) is 0 Å². The fourth-order valence-corrected chi connectivity index (χ4v) is 6.24. The highest BCUT2D eigenvalue weighted by molar-refractivity contribution is 7.99. The number of aromatic carboxylic acids is 1. The molecule has 2 amide bonds. The van der Waals surface area contributed by atoms with Gasteiger partial charge in [-0.2, -0.15) is 0 Å². The van der Waals surface area contributed by atoms with Gasteiger partial charge >= 0.3 is 18.0 Å². The van der Waals surface area contributed by atoms with Crippen LogP contribution in [-0.4, -0.2) is 58.2 Å². The van der Waals surface area contributed by atoms with E-state index in [4.69, 9.17) is 14.2 Å². The summed E-state index contributed by atoms with van der Waals surface area (Å²) < 4.78 is 17.7. The maximum absolute atomic E-state index is 12.7. The summed E-state index contributed by atoms with van der Waals surface area (Å²) in [7, 11) is 1.28. The molecule has 2 heterocycles. The molecule has 4 atom stereocenters. The maximum Gasteiger partial charge on any atom is 0.338 e. The number of thioether (sulfide) groups is 1. The van der Waals surface area contributed by atoms with Crippen molar-refractivity contribution in [2.45, 2.75) is 55.6 Å². The molecule has 1 aliphatic heterocycles. The van der Waals surface area contributed by atoms with Gasteiger partial charge in [0.25, 0.3) is 0 Å². The summed E-state index contributed by atoms with van der Waals surface area (Å²) in [5.74, 6) is -1.12. The van der Waals surface area contributed by atoms with E-state index < -0.39 is 30.3 Å². The molecular weight excluding hydrogens is 634 g/mol. The Hall–Kier alpha value is -4.75. The third kappa shape index (κ3) is 9.41. The number of nitrogens with one attached hydrogen (secondary N) is 2. The number of benzene rings is 3. The minimum Gasteiger partial charge on any atom is -0.478 e. The van der Waals surface area contributed by atoms with Gasteiger partial charge in [-0.15, -0.1) is 11.8 Å². The van der Waals surface area contributed by atoms with Crippen LogP contribution in [-0.2, 0) is 38.6 Å². The molecule has 1 aliphatic rings. The normalized spacial score (nSPS) is 18.0. The maximum atomic E-state index is 12.7. The van der Waals surface area contributed by atoms with Crippen LogP contribution in [0, 0.1) is 0 Å². The van der Waals surface area contributed by atoms with Gasteiger partial charge in [0, 0.05) is 36.9 Å². The molecule has 4 aromatic rings. The first-order valence-corrected chi connectivity index (χ1v) is 16.4. The van der Waals surface area contributed by atoms with Gasteiger partial charge in [-0.1, -0.05) is 78.9 Å². The van der Waals surface area contributed by atoms with Crippen molar-refractivity contribution in [3.63, 3.8) is 0 Å². The van der Waals surface area contributed by atoms with Gasteiger partial charge in [0.2, 0.25) is 0 Å². The van der Waals surface area contributed by atoms with E-state index in [9.17, 15) is 24.6 Å². The highest BCUT2D eigenvalue weighted by atomic mass is 32.2. The first-order chi connectivity index (χ1) is 23.3. The van der Waals surface area contributed by atoms with E-state index in [0.29, 0.717) is 23.6 Å². The highest BCUT2D eigenvalue weighted by Crippen LogP contribution is 2.39. The Bertz CT molecular complexity index is 1670. The van der Waals surface area contributed by atoms with Crippen LogP contribution in [0.15, 0.2) is 102 Å². The van der Waals surface area contributed by atoms with Crippen molar-refractivity contribution in [2.75, 3.05) is 12.9 Å². The second-order valence-electron chi connectivity index (χ2n) is 11.2. The summed E-state index contributed by atoms with van der Waals surface area (Å²) in [6, 6.07) is 26.2. The number of carbonyl (C=O) groups excluding carboxylic acids is 2. The van der Waals surface area contributed by atoms with Crippen LogP contribution in [0.1, 0.15) is 57.0 Å². The van der Waals surface area contributed by atoms with Gasteiger partial charge in [-0.05, 0) is 34.4 Å². The lowest BCUT2D eigenvalue weighted by Gasteiger charge is -2.36. The standard InChI is InChI=1S/C36H37N3O8S/c1-45-34(43)30(18-23-6-3-2-4-7-23)39-36(44)38-20-24-9-15-27(16-10-24)35-46-28(22-48-32-29(33(41)42)8-5-17-37-32)19-31(47-35)26-13-11-25(21-40)12-14-26/h2-17,28,30-31,35,40H,18-22H2,1H3,(H,41,42)(H2,38,39,44)/t28-,30-,31+,35+/m0/s1. The van der Waals surface area contributed by atoms with Gasteiger partial charge in [0.05, 0.1) is 31.5 Å². The summed E-state index contributed by atoms with van der Waals surface area (Å²) in [6.45, 7) is 0.155. The number of hydrogen-bond acceptors (Lipinski definition) is 9. The molecule has 5 rings (SSSR count). The van der Waals surface area contributed by atoms with E-state index in [0.717, 1.165) is 27.8 Å². The number of pyridine rings is 1. The molecule has 1 fully saturated rings. The largest absolute Gasteiger partial charge is 0.478 e. The Morgan fingerprint density at radius 2 is 1.62 bits per heavy atom. The number of aromatic nitrogens is 1. The van der Waals surface area contributed by atoms with E-state index in [2.05, 4.69) is 15.6 Å². The average Bonchev–Trinajstić information content (AvgIpc) is 3.13. The lowest BCUT2D eigenvalue weighted by Crippen LogP contribution is -2.47. The minimum absolute atomic E-state index is 0.0603. The monoisotopic (exact) mass is 671 g/mol. The van der Waals surface area contributed by atoms with Crippen molar-refractivity contribution in [3.05, 3.63) is 131 Å². The lowest BCUT2D eigenvalue weighted by atomic mass is 10.0. The second-order valence-corrected chi connectivity index (χ2v) is 12.2. The van der Waals surface area contributed by atoms with Gasteiger partial charge in [0.15, 0.2) is 6.29 Å². The molecule has 4 N–H and O–H groups in total. The van der Waals surface area contributed by atoms with Gasteiger partial charge < -0.3 is 35.1 Å². The first kappa shape index (κ1) is 34.6. The smallest absolute Gasteiger partial charge is 0.338 e. The van der Waals surface area contributed by atoms with Crippen molar-refractivity contribution in [1.82, 2.24) is 15.6 Å². The molecular formula is C36H37N3O8S. The zero-order valence-corrected chi connectivity index (χ0v) is 27.1. The van der Waals surface area contributed by atoms with Gasteiger partial charge in [0.1, 0.15) is 11.1 Å². The molecule has 0 bridgehead atoms. The van der Waals surface area contributed by atoms with Crippen LogP contribution in [0.3, 0.4) is 0 Å². The zero-order chi connectivity index (χ0) is 33.9. The quantitative estimate of drug-likeness (QED) is 0.110. The number of carboxylic acids is 1. The van der Waals surface area contributed by atoms with Gasteiger partial charge in [-0.25, -0.2) is 19.4 Å². The van der Waals surface area contributed by atoms with Crippen LogP contribution < -0.4 is 10.6 Å². The number of methoxy groups -OCH3 is 1. The zero-order valence-electron chi connectivity index (χ0n) is 26.3. The molecule has 0 radical (unpaired) electrons. The van der Waals surface area contributed by atoms with Crippen LogP contribution in [0.25, 0.3) is 0 Å². The number of carboxylic acid groups (broad SMARTS) is 1. The van der Waals surface area contributed by atoms with Crippen molar-refractivity contribution < 1.29 is 38.8 Å². The Morgan fingerprint density at radius 1 is 0.917 bits per heavy atom. The Balaban J connectivity index is 1.23. The molecule has 1 aromatic heterocycles. The highest BCUT2D eigenvalue weighted by Gasteiger charge is 2.32. The number of hydrogen-bond donors (Lipinski definition) is 4. The number of nitrogens with zero attached hydrogens (tertiary/aromatic N) is 1. The second kappa shape index (κ2) is 16.9. The third-order valence-corrected chi connectivity index (χ3v) is 8.94. The summed E-state index contributed by atoms with van der Waals surface area (Å²) in [4.78, 5) is 41.0. The van der Waals surface area contributed by atoms with E-state index in [1.54, 1.807) is 12.3 Å². The summed E-state index contributed by atoms with van der Waals surface area (Å²) in [6.07, 6.45) is 1.09. The van der Waals surface area contributed by atoms with E-state index in [1.165, 1.54) is 24.9 Å². The van der Waals surface area contributed by atoms with E-state index in [-0.39, 0.29) is 30.9 Å². The molecule has 48 heavy (non-hydrogen) atoms. The molecule has 12 heteroatoms. The summed E-state index contributed by atoms with van der Waals surface area (Å²) in [5.41, 5.74) is 4.35. The molecule has 0 saturated carbocycles. The predicted molar refractivity (Wildman–Crippen MR) is 178 cm³/mol.